The molecule has 0 bridgehead atoms. The van der Waals surface area contributed by atoms with Crippen LogP contribution < -0.4 is 0 Å². The second kappa shape index (κ2) is 14.5. The van der Waals surface area contributed by atoms with Crippen molar-refractivity contribution in [2.75, 3.05) is 0 Å². The van der Waals surface area contributed by atoms with E-state index in [0.29, 0.717) is 0 Å². The van der Waals surface area contributed by atoms with Crippen LogP contribution in [0.4, 0.5) is 18.8 Å². The number of para-hydroxylation sites is 1. The summed E-state index contributed by atoms with van der Waals surface area (Å²) in [4.78, 5) is 7.97. The van der Waals surface area contributed by atoms with Crippen molar-refractivity contribution in [1.29, 1.82) is 0 Å². The predicted molar refractivity (Wildman–Crippen MR) is 80.7 cm³/mol. The van der Waals surface area contributed by atoms with E-state index in [2.05, 4.69) is 22.1 Å². The van der Waals surface area contributed by atoms with Crippen molar-refractivity contribution in [1.82, 2.24) is 14.5 Å². The van der Waals surface area contributed by atoms with Gasteiger partial charge >= 0.3 is 0 Å². The van der Waals surface area contributed by atoms with Crippen LogP contribution in [0, 0.1) is 0 Å². The number of fused-ring (bicyclic) bond motifs is 1. The van der Waals surface area contributed by atoms with Gasteiger partial charge in [-0.15, -0.1) is 0 Å². The molecular formula is C13H17AlF4N3. The lowest BCUT2D eigenvalue weighted by Crippen LogP contribution is -1.76. The Morgan fingerprint density at radius 3 is 1.95 bits per heavy atom. The summed E-state index contributed by atoms with van der Waals surface area (Å²) >= 11 is 0. The molecule has 8 heteroatoms. The third kappa shape index (κ3) is 8.79. The summed E-state index contributed by atoms with van der Waals surface area (Å²) in [5.41, 5.74) is 1.06. The van der Waals surface area contributed by atoms with Crippen LogP contribution in [0.5, 0.6) is 0 Å². The Morgan fingerprint density at radius 1 is 0.857 bits per heavy atom. The molecular weight excluding hydrogens is 301 g/mol. The molecule has 0 aliphatic heterocycles. The largest absolute Gasteiger partial charge is 0.341 e. The summed E-state index contributed by atoms with van der Waals surface area (Å²) in [7, 11) is 1.94. The Morgan fingerprint density at radius 2 is 1.48 bits per heavy atom. The molecule has 0 aliphatic carbocycles. The zero-order valence-corrected chi connectivity index (χ0v) is 12.5. The van der Waals surface area contributed by atoms with Crippen LogP contribution in [0.1, 0.15) is 0 Å². The molecule has 0 N–H and O–H groups in total. The number of hydrogen-bond donors (Lipinski definition) is 0. The Kier molecular flexibility index (Phi) is 18.9. The molecule has 0 unspecified atom stereocenters. The number of pyridine rings is 1. The maximum Gasteiger partial charge on any atom is 0.0943 e. The van der Waals surface area contributed by atoms with Gasteiger partial charge in [-0.1, -0.05) is 24.3 Å². The summed E-state index contributed by atoms with van der Waals surface area (Å²) in [5, 5.41) is 1.20. The number of halogens is 4. The Balaban J connectivity index is -0.000000119. The maximum absolute atomic E-state index is 4.18. The number of rotatable bonds is 0. The van der Waals surface area contributed by atoms with E-state index in [1.165, 1.54) is 5.39 Å². The van der Waals surface area contributed by atoms with Crippen molar-refractivity contribution in [3.05, 3.63) is 61.3 Å². The van der Waals surface area contributed by atoms with Crippen molar-refractivity contribution in [3.63, 3.8) is 0 Å². The third-order valence-electron chi connectivity index (χ3n) is 2.15. The highest BCUT2D eigenvalue weighted by Crippen LogP contribution is 2.07. The first kappa shape index (κ1) is 27.4. The molecule has 115 valence electrons. The molecule has 3 aromatic rings. The molecule has 21 heavy (non-hydrogen) atoms. The van der Waals surface area contributed by atoms with E-state index in [9.17, 15) is 0 Å². The van der Waals surface area contributed by atoms with Crippen molar-refractivity contribution in [2.24, 2.45) is 7.05 Å². The van der Waals surface area contributed by atoms with Crippen LogP contribution in [0.3, 0.4) is 0 Å². The van der Waals surface area contributed by atoms with Crippen LogP contribution in [0.25, 0.3) is 10.9 Å². The number of aromatic nitrogens is 3. The van der Waals surface area contributed by atoms with Crippen molar-refractivity contribution in [3.8, 4) is 0 Å². The van der Waals surface area contributed by atoms with E-state index in [-0.39, 0.29) is 36.2 Å². The van der Waals surface area contributed by atoms with Crippen LogP contribution in [0.15, 0.2) is 61.3 Å². The predicted octanol–water partition coefficient (Wildman–Crippen LogP) is 2.88. The van der Waals surface area contributed by atoms with E-state index in [0.717, 1.165) is 5.52 Å². The molecule has 0 amide bonds. The minimum atomic E-state index is 0. The molecule has 3 radical (unpaired) electrons. The minimum Gasteiger partial charge on any atom is -0.341 e. The molecule has 3 nitrogen and oxygen atoms in total. The van der Waals surface area contributed by atoms with Crippen molar-refractivity contribution >= 4 is 28.3 Å². The van der Waals surface area contributed by atoms with Gasteiger partial charge in [-0.25, -0.2) is 4.98 Å². The quantitative estimate of drug-likeness (QED) is 0.471. The van der Waals surface area contributed by atoms with Gasteiger partial charge in [0.15, 0.2) is 0 Å². The van der Waals surface area contributed by atoms with Gasteiger partial charge in [0.25, 0.3) is 0 Å². The molecule has 1 aromatic carbocycles. The fourth-order valence-corrected chi connectivity index (χ4v) is 1.34. The number of nitrogens with zero attached hydrogens (tertiary/aromatic N) is 3. The van der Waals surface area contributed by atoms with Crippen molar-refractivity contribution < 1.29 is 18.8 Å². The zero-order valence-electron chi connectivity index (χ0n) is 11.3. The van der Waals surface area contributed by atoms with E-state index >= 15 is 0 Å². The van der Waals surface area contributed by atoms with Crippen LogP contribution in [0.2, 0.25) is 0 Å². The molecule has 0 fully saturated rings. The average molecular weight is 318 g/mol. The van der Waals surface area contributed by atoms with Crippen molar-refractivity contribution in [2.45, 2.75) is 0 Å². The van der Waals surface area contributed by atoms with E-state index in [1.807, 2.05) is 48.3 Å². The lowest BCUT2D eigenvalue weighted by Gasteiger charge is -1.91. The molecule has 0 spiro atoms. The van der Waals surface area contributed by atoms with E-state index in [4.69, 9.17) is 0 Å². The molecule has 3 rings (SSSR count). The monoisotopic (exact) mass is 318 g/mol. The van der Waals surface area contributed by atoms with Gasteiger partial charge in [0.2, 0.25) is 0 Å². The Bertz CT molecular complexity index is 499. The molecule has 0 aliphatic rings. The third-order valence-corrected chi connectivity index (χ3v) is 2.15. The van der Waals surface area contributed by atoms with E-state index in [1.54, 1.807) is 12.5 Å². The summed E-state index contributed by atoms with van der Waals surface area (Å²) in [5.74, 6) is 0. The highest BCUT2D eigenvalue weighted by molar-refractivity contribution is 5.77. The first-order valence-electron chi connectivity index (χ1n) is 5.08. The van der Waals surface area contributed by atoms with Gasteiger partial charge in [0, 0.05) is 48.4 Å². The fraction of sp³-hybridized carbons (Fsp3) is 0.0769. The number of aryl methyl sites for hydroxylation is 1. The smallest absolute Gasteiger partial charge is 0.0943 e. The Labute approximate surface area is 130 Å². The lowest BCUT2D eigenvalue weighted by atomic mass is 10.2. The van der Waals surface area contributed by atoms with Gasteiger partial charge < -0.3 is 4.57 Å². The Hall–Kier alpha value is -1.91. The molecule has 2 heterocycles. The summed E-state index contributed by atoms with van der Waals surface area (Å²) in [6, 6.07) is 12.1. The average Bonchev–Trinajstić information content (AvgIpc) is 2.81. The summed E-state index contributed by atoms with van der Waals surface area (Å²) in [6.45, 7) is 0. The highest BCUT2D eigenvalue weighted by atomic mass is 27.0. The van der Waals surface area contributed by atoms with Gasteiger partial charge in [-0.3, -0.25) is 23.8 Å². The van der Waals surface area contributed by atoms with Crippen LogP contribution in [-0.2, 0) is 7.05 Å². The molecule has 0 atom stereocenters. The number of benzene rings is 1. The molecule has 2 aromatic heterocycles. The van der Waals surface area contributed by atoms with E-state index < -0.39 is 0 Å². The first-order valence-corrected chi connectivity index (χ1v) is 5.08. The molecule has 0 saturated heterocycles. The van der Waals surface area contributed by atoms with Gasteiger partial charge in [0.1, 0.15) is 0 Å². The molecule has 0 saturated carbocycles. The van der Waals surface area contributed by atoms with Crippen LogP contribution in [-0.4, -0.2) is 31.9 Å². The maximum atomic E-state index is 4.18. The normalized spacial score (nSPS) is 7.29. The second-order valence-electron chi connectivity index (χ2n) is 3.42. The lowest BCUT2D eigenvalue weighted by molar-refractivity contribution is 0.913. The minimum absolute atomic E-state index is 0. The van der Waals surface area contributed by atoms with Gasteiger partial charge in [0.05, 0.1) is 11.8 Å². The van der Waals surface area contributed by atoms with Gasteiger partial charge in [-0.2, -0.15) is 0 Å². The zero-order chi connectivity index (χ0) is 11.2. The topological polar surface area (TPSA) is 30.7 Å². The van der Waals surface area contributed by atoms with Gasteiger partial charge in [-0.05, 0) is 12.1 Å². The fourth-order valence-electron chi connectivity index (χ4n) is 1.34. The SMILES string of the molecule is Cn1ccnc1.F.F.F.F.[Al].c1ccc2ncccc2c1. The second-order valence-corrected chi connectivity index (χ2v) is 3.42. The van der Waals surface area contributed by atoms with Crippen LogP contribution >= 0.6 is 0 Å². The summed E-state index contributed by atoms with van der Waals surface area (Å²) < 4.78 is 1.89. The highest BCUT2D eigenvalue weighted by Gasteiger charge is 1.86. The number of imidazole rings is 1. The summed E-state index contributed by atoms with van der Waals surface area (Å²) in [6.07, 6.45) is 7.20. The number of hydrogen-bond acceptors (Lipinski definition) is 2. The standard InChI is InChI=1S/C9H7N.C4H6N2.Al.4FH/c1-2-6-9-8(4-1)5-3-7-10-9;1-6-3-2-5-4-6;;;;;/h1-7H;2-4H,1H3;;4*1H. The first-order chi connectivity index (χ1) is 7.86.